The largest absolute Gasteiger partial charge is 0.106 e. The van der Waals surface area contributed by atoms with E-state index in [0.29, 0.717) is 11.8 Å². The van der Waals surface area contributed by atoms with Crippen molar-refractivity contribution < 1.29 is 0 Å². The van der Waals surface area contributed by atoms with Gasteiger partial charge in [0.25, 0.3) is 0 Å². The van der Waals surface area contributed by atoms with E-state index in [1.54, 1.807) is 0 Å². The molecule has 0 radical (unpaired) electrons. The maximum absolute atomic E-state index is 3.28. The van der Waals surface area contributed by atoms with Gasteiger partial charge in [-0.15, -0.1) is 5.92 Å². The molecule has 0 nitrogen and oxygen atoms in total. The Morgan fingerprint density at radius 2 is 1.82 bits per heavy atom. The number of rotatable bonds is 4. The van der Waals surface area contributed by atoms with E-state index in [0.717, 1.165) is 12.8 Å². The monoisotopic (exact) mass is 228 g/mol. The molecule has 0 aliphatic carbocycles. The Kier molecular flexibility index (Phi) is 5.29. The Morgan fingerprint density at radius 1 is 1.12 bits per heavy atom. The zero-order valence-corrected chi connectivity index (χ0v) is 11.8. The Morgan fingerprint density at radius 3 is 2.35 bits per heavy atom. The first-order valence-corrected chi connectivity index (χ1v) is 6.67. The molecule has 17 heavy (non-hydrogen) atoms. The summed E-state index contributed by atoms with van der Waals surface area (Å²) >= 11 is 0. The number of hydrogen-bond acceptors (Lipinski definition) is 0. The second kappa shape index (κ2) is 6.50. The molecule has 1 rings (SSSR count). The molecule has 1 aromatic rings. The lowest BCUT2D eigenvalue weighted by atomic mass is 9.84. The number of aryl methyl sites for hydroxylation is 2. The fraction of sp³-hybridized carbons (Fsp3) is 0.529. The molecule has 0 aromatic heterocycles. The minimum Gasteiger partial charge on any atom is -0.106 e. The van der Waals surface area contributed by atoms with Gasteiger partial charge in [-0.1, -0.05) is 51.8 Å². The highest BCUT2D eigenvalue weighted by Crippen LogP contribution is 2.28. The standard InChI is InChI=1S/C17H24/c1-6-9-13(4)14(5)17-12-15(7-2)10-11-16(17)8-3/h10-14H,7-8H2,1-5H3. The van der Waals surface area contributed by atoms with Crippen LogP contribution in [0.5, 0.6) is 0 Å². The summed E-state index contributed by atoms with van der Waals surface area (Å²) in [4.78, 5) is 0. The van der Waals surface area contributed by atoms with Crippen LogP contribution in [0.3, 0.4) is 0 Å². The summed E-state index contributed by atoms with van der Waals surface area (Å²) in [6, 6.07) is 6.92. The first kappa shape index (κ1) is 13.8. The molecule has 0 heteroatoms. The maximum Gasteiger partial charge on any atom is 0.0240 e. The van der Waals surface area contributed by atoms with Crippen molar-refractivity contribution in [3.8, 4) is 11.8 Å². The summed E-state index contributed by atoms with van der Waals surface area (Å²) < 4.78 is 0. The van der Waals surface area contributed by atoms with Crippen LogP contribution in [0.4, 0.5) is 0 Å². The lowest BCUT2D eigenvalue weighted by molar-refractivity contribution is 0.604. The molecule has 2 atom stereocenters. The molecule has 92 valence electrons. The molecule has 0 heterocycles. The fourth-order valence-electron chi connectivity index (χ4n) is 2.23. The zero-order valence-electron chi connectivity index (χ0n) is 11.8. The average molecular weight is 228 g/mol. The van der Waals surface area contributed by atoms with E-state index < -0.39 is 0 Å². The van der Waals surface area contributed by atoms with Crippen molar-refractivity contribution in [3.05, 3.63) is 34.9 Å². The van der Waals surface area contributed by atoms with E-state index >= 15 is 0 Å². The van der Waals surface area contributed by atoms with Crippen molar-refractivity contribution in [3.63, 3.8) is 0 Å². The second-order valence-corrected chi connectivity index (χ2v) is 4.71. The summed E-state index contributed by atoms with van der Waals surface area (Å²) in [5, 5.41) is 0. The van der Waals surface area contributed by atoms with E-state index in [2.05, 4.69) is 57.7 Å². The average Bonchev–Trinajstić information content (AvgIpc) is 2.37. The van der Waals surface area contributed by atoms with Crippen LogP contribution in [0.15, 0.2) is 18.2 Å². The van der Waals surface area contributed by atoms with E-state index in [4.69, 9.17) is 0 Å². The van der Waals surface area contributed by atoms with Gasteiger partial charge in [-0.2, -0.15) is 0 Å². The molecule has 0 saturated carbocycles. The van der Waals surface area contributed by atoms with Crippen LogP contribution < -0.4 is 0 Å². The minimum atomic E-state index is 0.428. The lowest BCUT2D eigenvalue weighted by Gasteiger charge is -2.20. The summed E-state index contributed by atoms with van der Waals surface area (Å²) in [7, 11) is 0. The third-order valence-corrected chi connectivity index (χ3v) is 3.61. The van der Waals surface area contributed by atoms with E-state index in [1.165, 1.54) is 16.7 Å². The molecule has 0 bridgehead atoms. The second-order valence-electron chi connectivity index (χ2n) is 4.71. The molecule has 0 spiro atoms. The predicted octanol–water partition coefficient (Wildman–Crippen LogP) is 4.57. The summed E-state index contributed by atoms with van der Waals surface area (Å²) in [5.41, 5.74) is 4.39. The van der Waals surface area contributed by atoms with Crippen LogP contribution >= 0.6 is 0 Å². The van der Waals surface area contributed by atoms with E-state index in [9.17, 15) is 0 Å². The fourth-order valence-corrected chi connectivity index (χ4v) is 2.23. The molecule has 0 amide bonds. The van der Waals surface area contributed by atoms with Crippen molar-refractivity contribution >= 4 is 0 Å². The van der Waals surface area contributed by atoms with E-state index in [-0.39, 0.29) is 0 Å². The number of hydrogen-bond donors (Lipinski definition) is 0. The highest BCUT2D eigenvalue weighted by atomic mass is 14.2. The molecular formula is C17H24. The van der Waals surface area contributed by atoms with Crippen LogP contribution in [-0.2, 0) is 12.8 Å². The number of benzene rings is 1. The first-order chi connectivity index (χ1) is 8.13. The highest BCUT2D eigenvalue weighted by molar-refractivity contribution is 5.36. The lowest BCUT2D eigenvalue weighted by Crippen LogP contribution is -2.07. The van der Waals surface area contributed by atoms with Gasteiger partial charge in [0.05, 0.1) is 0 Å². The van der Waals surface area contributed by atoms with Crippen LogP contribution in [0.2, 0.25) is 0 Å². The summed E-state index contributed by atoms with van der Waals surface area (Å²) in [6.07, 6.45) is 2.22. The zero-order chi connectivity index (χ0) is 12.8. The van der Waals surface area contributed by atoms with Crippen LogP contribution in [-0.4, -0.2) is 0 Å². The Labute approximate surface area is 106 Å². The van der Waals surface area contributed by atoms with Gasteiger partial charge < -0.3 is 0 Å². The van der Waals surface area contributed by atoms with Crippen molar-refractivity contribution in [2.24, 2.45) is 5.92 Å². The quantitative estimate of drug-likeness (QED) is 0.662. The topological polar surface area (TPSA) is 0 Å². The van der Waals surface area contributed by atoms with Gasteiger partial charge in [0.15, 0.2) is 0 Å². The van der Waals surface area contributed by atoms with E-state index in [1.807, 2.05) is 6.92 Å². The molecule has 2 unspecified atom stereocenters. The normalized spacial score (nSPS) is 13.7. The van der Waals surface area contributed by atoms with Crippen LogP contribution in [0, 0.1) is 17.8 Å². The van der Waals surface area contributed by atoms with Crippen LogP contribution in [0.25, 0.3) is 0 Å². The predicted molar refractivity (Wildman–Crippen MR) is 76.2 cm³/mol. The van der Waals surface area contributed by atoms with Crippen molar-refractivity contribution in [2.75, 3.05) is 0 Å². The van der Waals surface area contributed by atoms with Gasteiger partial charge in [0.2, 0.25) is 0 Å². The van der Waals surface area contributed by atoms with Crippen molar-refractivity contribution in [1.82, 2.24) is 0 Å². The first-order valence-electron chi connectivity index (χ1n) is 6.67. The third-order valence-electron chi connectivity index (χ3n) is 3.61. The molecule has 0 saturated heterocycles. The molecule has 1 aromatic carbocycles. The van der Waals surface area contributed by atoms with Crippen molar-refractivity contribution in [1.29, 1.82) is 0 Å². The third kappa shape index (κ3) is 3.37. The smallest absolute Gasteiger partial charge is 0.0240 e. The van der Waals surface area contributed by atoms with Gasteiger partial charge in [-0.25, -0.2) is 0 Å². The molecule has 0 N–H and O–H groups in total. The Balaban J connectivity index is 3.11. The Hall–Kier alpha value is -1.22. The van der Waals surface area contributed by atoms with Crippen molar-refractivity contribution in [2.45, 2.75) is 53.4 Å². The minimum absolute atomic E-state index is 0.428. The van der Waals surface area contributed by atoms with Gasteiger partial charge >= 0.3 is 0 Å². The van der Waals surface area contributed by atoms with Gasteiger partial charge in [0, 0.05) is 5.92 Å². The Bertz CT molecular complexity index is 417. The van der Waals surface area contributed by atoms with Crippen LogP contribution in [0.1, 0.15) is 57.2 Å². The molecule has 0 aliphatic heterocycles. The molecule has 0 fully saturated rings. The SMILES string of the molecule is CC#CC(C)C(C)c1cc(CC)ccc1CC. The van der Waals surface area contributed by atoms with Gasteiger partial charge in [-0.05, 0) is 42.4 Å². The molecule has 0 aliphatic rings. The maximum atomic E-state index is 3.28. The van der Waals surface area contributed by atoms with Gasteiger partial charge in [0.1, 0.15) is 0 Å². The van der Waals surface area contributed by atoms with Gasteiger partial charge in [-0.3, -0.25) is 0 Å². The highest BCUT2D eigenvalue weighted by Gasteiger charge is 2.15. The summed E-state index contributed by atoms with van der Waals surface area (Å²) in [6.45, 7) is 10.9. The molecular weight excluding hydrogens is 204 g/mol. The summed E-state index contributed by atoms with van der Waals surface area (Å²) in [5.74, 6) is 7.26.